The molecule has 0 bridgehead atoms. The number of nitrogens with two attached hydrogens (primary N) is 1. The maximum absolute atomic E-state index is 11.7. The van der Waals surface area contributed by atoms with Gasteiger partial charge in [-0.05, 0) is 31.5 Å². The van der Waals surface area contributed by atoms with Gasteiger partial charge in [0.25, 0.3) is 5.91 Å². The Morgan fingerprint density at radius 1 is 1.35 bits per heavy atom. The standard InChI is InChI=1S/C15H19N3O2/c1-3-18(13-7-5-4-6-11(13)2)10-14-12(8-9-20-14)15(19)17-16/h4-9H,3,10,16H2,1-2H3,(H,17,19). The number of aryl methyl sites for hydroxylation is 1. The fraction of sp³-hybridized carbons (Fsp3) is 0.267. The highest BCUT2D eigenvalue weighted by atomic mass is 16.3. The summed E-state index contributed by atoms with van der Waals surface area (Å²) in [7, 11) is 0. The van der Waals surface area contributed by atoms with Crippen molar-refractivity contribution in [3.63, 3.8) is 0 Å². The number of nitrogens with zero attached hydrogens (tertiary/aromatic N) is 1. The van der Waals surface area contributed by atoms with Gasteiger partial charge in [0.05, 0.1) is 18.4 Å². The fourth-order valence-corrected chi connectivity index (χ4v) is 2.20. The highest BCUT2D eigenvalue weighted by molar-refractivity contribution is 5.94. The molecular weight excluding hydrogens is 254 g/mol. The van der Waals surface area contributed by atoms with Crippen LogP contribution in [0.3, 0.4) is 0 Å². The number of hydrazine groups is 1. The minimum Gasteiger partial charge on any atom is -0.467 e. The molecule has 3 N–H and O–H groups in total. The number of anilines is 1. The zero-order valence-electron chi connectivity index (χ0n) is 11.7. The first-order chi connectivity index (χ1) is 9.67. The van der Waals surface area contributed by atoms with Crippen molar-refractivity contribution in [3.8, 4) is 0 Å². The van der Waals surface area contributed by atoms with Crippen LogP contribution in [0.15, 0.2) is 41.0 Å². The van der Waals surface area contributed by atoms with Gasteiger partial charge in [-0.15, -0.1) is 0 Å². The number of carbonyl (C=O) groups excluding carboxylic acids is 1. The van der Waals surface area contributed by atoms with Crippen LogP contribution in [0.2, 0.25) is 0 Å². The molecule has 1 amide bonds. The highest BCUT2D eigenvalue weighted by Gasteiger charge is 2.17. The molecule has 0 aliphatic rings. The Balaban J connectivity index is 2.26. The lowest BCUT2D eigenvalue weighted by Gasteiger charge is -2.24. The summed E-state index contributed by atoms with van der Waals surface area (Å²) in [6.45, 7) is 5.47. The third-order valence-corrected chi connectivity index (χ3v) is 3.29. The number of carbonyl (C=O) groups is 1. The number of para-hydroxylation sites is 1. The molecule has 5 nitrogen and oxygen atoms in total. The lowest BCUT2D eigenvalue weighted by molar-refractivity contribution is 0.0951. The van der Waals surface area contributed by atoms with E-state index in [0.29, 0.717) is 17.9 Å². The Morgan fingerprint density at radius 3 is 2.75 bits per heavy atom. The topological polar surface area (TPSA) is 71.5 Å². The summed E-state index contributed by atoms with van der Waals surface area (Å²) >= 11 is 0. The Kier molecular flexibility index (Phi) is 4.42. The second kappa shape index (κ2) is 6.25. The molecule has 0 atom stereocenters. The first-order valence-electron chi connectivity index (χ1n) is 6.55. The summed E-state index contributed by atoms with van der Waals surface area (Å²) in [5.41, 5.74) is 4.92. The monoisotopic (exact) mass is 273 g/mol. The molecule has 2 aromatic rings. The van der Waals surface area contributed by atoms with Gasteiger partial charge in [-0.3, -0.25) is 10.2 Å². The molecule has 20 heavy (non-hydrogen) atoms. The van der Waals surface area contributed by atoms with Crippen LogP contribution in [-0.4, -0.2) is 12.5 Å². The lowest BCUT2D eigenvalue weighted by Crippen LogP contribution is -2.31. The molecule has 1 aromatic carbocycles. The van der Waals surface area contributed by atoms with Crippen molar-refractivity contribution in [3.05, 3.63) is 53.5 Å². The SMILES string of the molecule is CCN(Cc1occc1C(=O)NN)c1ccccc1C. The third-order valence-electron chi connectivity index (χ3n) is 3.29. The van der Waals surface area contributed by atoms with E-state index < -0.39 is 0 Å². The first kappa shape index (κ1) is 14.1. The summed E-state index contributed by atoms with van der Waals surface area (Å²) in [5.74, 6) is 5.45. The summed E-state index contributed by atoms with van der Waals surface area (Å²) < 4.78 is 5.42. The summed E-state index contributed by atoms with van der Waals surface area (Å²) in [4.78, 5) is 13.8. The third kappa shape index (κ3) is 2.83. The molecule has 1 aromatic heterocycles. The Bertz CT molecular complexity index is 592. The van der Waals surface area contributed by atoms with Crippen LogP contribution in [0.1, 0.15) is 28.6 Å². The maximum Gasteiger partial charge on any atom is 0.268 e. The molecule has 0 fully saturated rings. The lowest BCUT2D eigenvalue weighted by atomic mass is 10.1. The zero-order chi connectivity index (χ0) is 14.5. The molecule has 5 heteroatoms. The smallest absolute Gasteiger partial charge is 0.268 e. The van der Waals surface area contributed by atoms with Gasteiger partial charge in [-0.2, -0.15) is 0 Å². The van der Waals surface area contributed by atoms with E-state index in [2.05, 4.69) is 36.3 Å². The minimum absolute atomic E-state index is 0.338. The summed E-state index contributed by atoms with van der Waals surface area (Å²) in [6, 6.07) is 9.76. The first-order valence-corrected chi connectivity index (χ1v) is 6.55. The van der Waals surface area contributed by atoms with Crippen LogP contribution in [0.25, 0.3) is 0 Å². The van der Waals surface area contributed by atoms with Crippen LogP contribution in [0, 0.1) is 6.92 Å². The Morgan fingerprint density at radius 2 is 2.10 bits per heavy atom. The average Bonchev–Trinajstić information content (AvgIpc) is 2.93. The fourth-order valence-electron chi connectivity index (χ4n) is 2.20. The molecular formula is C15H19N3O2. The van der Waals surface area contributed by atoms with E-state index in [-0.39, 0.29) is 5.91 Å². The van der Waals surface area contributed by atoms with Crippen LogP contribution >= 0.6 is 0 Å². The van der Waals surface area contributed by atoms with Gasteiger partial charge in [0.1, 0.15) is 5.76 Å². The number of amides is 1. The van der Waals surface area contributed by atoms with E-state index in [0.717, 1.165) is 12.2 Å². The maximum atomic E-state index is 11.7. The highest BCUT2D eigenvalue weighted by Crippen LogP contribution is 2.22. The van der Waals surface area contributed by atoms with Gasteiger partial charge >= 0.3 is 0 Å². The molecule has 1 heterocycles. The molecule has 0 radical (unpaired) electrons. The summed E-state index contributed by atoms with van der Waals surface area (Å²) in [5, 5.41) is 0. The van der Waals surface area contributed by atoms with Gasteiger partial charge in [-0.25, -0.2) is 5.84 Å². The number of nitrogen functional groups attached to an aromatic ring is 1. The molecule has 0 aliphatic heterocycles. The van der Waals surface area contributed by atoms with E-state index in [1.54, 1.807) is 6.07 Å². The van der Waals surface area contributed by atoms with Crippen molar-refractivity contribution in [2.75, 3.05) is 11.4 Å². The van der Waals surface area contributed by atoms with E-state index >= 15 is 0 Å². The molecule has 0 saturated heterocycles. The molecule has 106 valence electrons. The second-order valence-electron chi connectivity index (χ2n) is 4.53. The van der Waals surface area contributed by atoms with Crippen molar-refractivity contribution in [1.29, 1.82) is 0 Å². The number of hydrogen-bond acceptors (Lipinski definition) is 4. The molecule has 2 rings (SSSR count). The van der Waals surface area contributed by atoms with Crippen molar-refractivity contribution in [1.82, 2.24) is 5.43 Å². The second-order valence-corrected chi connectivity index (χ2v) is 4.53. The number of nitrogens with one attached hydrogen (secondary N) is 1. The zero-order valence-corrected chi connectivity index (χ0v) is 11.7. The van der Waals surface area contributed by atoms with E-state index in [4.69, 9.17) is 10.3 Å². The number of rotatable bonds is 5. The Hall–Kier alpha value is -2.27. The predicted molar refractivity (Wildman–Crippen MR) is 78.3 cm³/mol. The van der Waals surface area contributed by atoms with Crippen molar-refractivity contribution < 1.29 is 9.21 Å². The van der Waals surface area contributed by atoms with Crippen LogP contribution in [0.4, 0.5) is 5.69 Å². The van der Waals surface area contributed by atoms with Gasteiger partial charge in [0.2, 0.25) is 0 Å². The van der Waals surface area contributed by atoms with Crippen molar-refractivity contribution in [2.45, 2.75) is 20.4 Å². The quantitative estimate of drug-likeness (QED) is 0.498. The normalized spacial score (nSPS) is 10.3. The Labute approximate surface area is 118 Å². The molecule has 0 saturated carbocycles. The molecule has 0 aliphatic carbocycles. The largest absolute Gasteiger partial charge is 0.467 e. The van der Waals surface area contributed by atoms with Crippen LogP contribution in [0.5, 0.6) is 0 Å². The number of hydrogen-bond donors (Lipinski definition) is 2. The van der Waals surface area contributed by atoms with Crippen molar-refractivity contribution in [2.24, 2.45) is 5.84 Å². The van der Waals surface area contributed by atoms with E-state index in [1.165, 1.54) is 11.8 Å². The van der Waals surface area contributed by atoms with E-state index in [1.807, 2.05) is 12.1 Å². The molecule has 0 spiro atoms. The van der Waals surface area contributed by atoms with Gasteiger partial charge in [0.15, 0.2) is 0 Å². The molecule has 0 unspecified atom stereocenters. The van der Waals surface area contributed by atoms with Crippen LogP contribution < -0.4 is 16.2 Å². The minimum atomic E-state index is -0.338. The number of benzene rings is 1. The van der Waals surface area contributed by atoms with Crippen LogP contribution in [-0.2, 0) is 6.54 Å². The van der Waals surface area contributed by atoms with Gasteiger partial charge in [-0.1, -0.05) is 18.2 Å². The van der Waals surface area contributed by atoms with Gasteiger partial charge in [0, 0.05) is 12.2 Å². The average molecular weight is 273 g/mol. The predicted octanol–water partition coefficient (Wildman–Crippen LogP) is 2.22. The van der Waals surface area contributed by atoms with Gasteiger partial charge < -0.3 is 9.32 Å². The summed E-state index contributed by atoms with van der Waals surface area (Å²) in [6.07, 6.45) is 1.51. The van der Waals surface area contributed by atoms with Crippen molar-refractivity contribution >= 4 is 11.6 Å². The number of furan rings is 1. The van der Waals surface area contributed by atoms with E-state index in [9.17, 15) is 4.79 Å².